The lowest BCUT2D eigenvalue weighted by Crippen LogP contribution is -2.42. The van der Waals surface area contributed by atoms with Crippen molar-refractivity contribution in [1.29, 1.82) is 0 Å². The minimum atomic E-state index is -0.277. The second-order valence-corrected chi connectivity index (χ2v) is 7.89. The summed E-state index contributed by atoms with van der Waals surface area (Å²) in [6, 6.07) is 13.8. The SMILES string of the molecule is O=C(C1CCC1)N(Cc1ccc(F)cc1)C[C@H]1CC(c2ccc(Cl)cc2)=NO1. The van der Waals surface area contributed by atoms with Gasteiger partial charge in [0.15, 0.2) is 6.10 Å². The maximum Gasteiger partial charge on any atom is 0.226 e. The number of carbonyl (C=O) groups excluding carboxylic acids is 1. The van der Waals surface area contributed by atoms with Crippen LogP contribution >= 0.6 is 11.6 Å². The summed E-state index contributed by atoms with van der Waals surface area (Å²) < 4.78 is 13.2. The molecule has 2 aromatic rings. The molecule has 1 fully saturated rings. The normalized spacial score (nSPS) is 18.9. The van der Waals surface area contributed by atoms with E-state index in [1.165, 1.54) is 12.1 Å². The summed E-state index contributed by atoms with van der Waals surface area (Å²) in [4.78, 5) is 20.4. The van der Waals surface area contributed by atoms with Gasteiger partial charge in [-0.1, -0.05) is 47.4 Å². The maximum atomic E-state index is 13.2. The summed E-state index contributed by atoms with van der Waals surface area (Å²) in [5, 5.41) is 4.89. The van der Waals surface area contributed by atoms with Gasteiger partial charge in [0.2, 0.25) is 5.91 Å². The number of benzene rings is 2. The van der Waals surface area contributed by atoms with Crippen molar-refractivity contribution in [1.82, 2.24) is 4.90 Å². The Morgan fingerprint density at radius 2 is 1.86 bits per heavy atom. The number of carbonyl (C=O) groups is 1. The molecule has 1 saturated carbocycles. The molecule has 0 N–H and O–H groups in total. The quantitative estimate of drug-likeness (QED) is 0.698. The van der Waals surface area contributed by atoms with Gasteiger partial charge >= 0.3 is 0 Å². The lowest BCUT2D eigenvalue weighted by atomic mass is 9.84. The van der Waals surface area contributed by atoms with E-state index in [4.69, 9.17) is 16.4 Å². The molecular weight excluding hydrogens is 379 g/mol. The van der Waals surface area contributed by atoms with E-state index in [1.54, 1.807) is 12.1 Å². The van der Waals surface area contributed by atoms with Gasteiger partial charge in [0.1, 0.15) is 5.82 Å². The summed E-state index contributed by atoms with van der Waals surface area (Å²) in [7, 11) is 0. The van der Waals surface area contributed by atoms with Gasteiger partial charge in [-0.05, 0) is 48.2 Å². The number of amides is 1. The summed E-state index contributed by atoms with van der Waals surface area (Å²) in [6.07, 6.45) is 3.44. The molecule has 28 heavy (non-hydrogen) atoms. The zero-order valence-corrected chi connectivity index (χ0v) is 16.2. The van der Waals surface area contributed by atoms with Crippen LogP contribution in [-0.4, -0.2) is 29.2 Å². The Balaban J connectivity index is 1.43. The molecule has 0 spiro atoms. The highest BCUT2D eigenvalue weighted by Crippen LogP contribution is 2.29. The standard InChI is InChI=1S/C22H22ClFN2O2/c23-18-8-6-16(7-9-18)21-12-20(28-25-21)14-26(22(27)17-2-1-3-17)13-15-4-10-19(24)11-5-15/h4-11,17,20H,1-3,12-14H2/t20-/m1/s1. The molecule has 0 aromatic heterocycles. The summed E-state index contributed by atoms with van der Waals surface area (Å²) in [6.45, 7) is 0.916. The van der Waals surface area contributed by atoms with Gasteiger partial charge in [-0.15, -0.1) is 0 Å². The van der Waals surface area contributed by atoms with Gasteiger partial charge in [0.25, 0.3) is 0 Å². The molecule has 0 saturated heterocycles. The number of oxime groups is 1. The average Bonchev–Trinajstić information content (AvgIpc) is 3.10. The zero-order valence-electron chi connectivity index (χ0n) is 15.5. The molecule has 4 rings (SSSR count). The molecule has 2 aromatic carbocycles. The number of rotatable bonds is 6. The van der Waals surface area contributed by atoms with Gasteiger partial charge < -0.3 is 9.74 Å². The molecule has 2 aliphatic rings. The molecule has 0 radical (unpaired) electrons. The lowest BCUT2D eigenvalue weighted by molar-refractivity contribution is -0.140. The fourth-order valence-electron chi connectivity index (χ4n) is 3.54. The van der Waals surface area contributed by atoms with E-state index in [9.17, 15) is 9.18 Å². The molecule has 1 amide bonds. The summed E-state index contributed by atoms with van der Waals surface area (Å²) in [5.74, 6) is -0.0293. The average molecular weight is 401 g/mol. The van der Waals surface area contributed by atoms with Crippen LogP contribution in [0.4, 0.5) is 4.39 Å². The summed E-state index contributed by atoms with van der Waals surface area (Å²) >= 11 is 5.95. The fraction of sp³-hybridized carbons (Fsp3) is 0.364. The Hall–Kier alpha value is -2.40. The van der Waals surface area contributed by atoms with Crippen molar-refractivity contribution in [3.05, 3.63) is 70.5 Å². The molecule has 4 nitrogen and oxygen atoms in total. The first-order valence-electron chi connectivity index (χ1n) is 9.60. The predicted octanol–water partition coefficient (Wildman–Crippen LogP) is 4.80. The first-order chi connectivity index (χ1) is 13.6. The lowest BCUT2D eigenvalue weighted by Gasteiger charge is -2.32. The first kappa shape index (κ1) is 18.9. The maximum absolute atomic E-state index is 13.2. The van der Waals surface area contributed by atoms with Gasteiger partial charge in [-0.2, -0.15) is 0 Å². The molecule has 6 heteroatoms. The van der Waals surface area contributed by atoms with Crippen LogP contribution in [0.5, 0.6) is 0 Å². The Morgan fingerprint density at radius 1 is 1.14 bits per heavy atom. The van der Waals surface area contributed by atoms with Crippen LogP contribution in [0, 0.1) is 11.7 Å². The number of hydrogen-bond donors (Lipinski definition) is 0. The Kier molecular flexibility index (Phi) is 5.62. The minimum Gasteiger partial charge on any atom is -0.390 e. The van der Waals surface area contributed by atoms with E-state index in [0.29, 0.717) is 24.5 Å². The van der Waals surface area contributed by atoms with Crippen molar-refractivity contribution in [2.45, 2.75) is 38.3 Å². The van der Waals surface area contributed by atoms with Crippen LogP contribution in [0.25, 0.3) is 0 Å². The monoisotopic (exact) mass is 400 g/mol. The fourth-order valence-corrected chi connectivity index (χ4v) is 3.67. The molecule has 1 aliphatic heterocycles. The Bertz CT molecular complexity index is 863. The molecule has 146 valence electrons. The Labute approximate surface area is 168 Å². The Morgan fingerprint density at radius 3 is 2.50 bits per heavy atom. The van der Waals surface area contributed by atoms with E-state index >= 15 is 0 Å². The summed E-state index contributed by atoms with van der Waals surface area (Å²) in [5.41, 5.74) is 2.74. The van der Waals surface area contributed by atoms with Crippen molar-refractivity contribution in [2.24, 2.45) is 11.1 Å². The number of nitrogens with zero attached hydrogens (tertiary/aromatic N) is 2. The topological polar surface area (TPSA) is 41.9 Å². The predicted molar refractivity (Wildman–Crippen MR) is 107 cm³/mol. The van der Waals surface area contributed by atoms with E-state index in [2.05, 4.69) is 5.16 Å². The second-order valence-electron chi connectivity index (χ2n) is 7.45. The van der Waals surface area contributed by atoms with Gasteiger partial charge in [0.05, 0.1) is 12.3 Å². The highest BCUT2D eigenvalue weighted by atomic mass is 35.5. The highest BCUT2D eigenvalue weighted by Gasteiger charge is 2.32. The highest BCUT2D eigenvalue weighted by molar-refractivity contribution is 6.30. The smallest absolute Gasteiger partial charge is 0.226 e. The van der Waals surface area contributed by atoms with E-state index in [-0.39, 0.29) is 23.7 Å². The van der Waals surface area contributed by atoms with Gasteiger partial charge in [-0.3, -0.25) is 4.79 Å². The number of halogens is 2. The third kappa shape index (κ3) is 4.36. The molecular formula is C22H22ClFN2O2. The molecule has 1 atom stereocenters. The van der Waals surface area contributed by atoms with Gasteiger partial charge in [0, 0.05) is 23.9 Å². The van der Waals surface area contributed by atoms with Crippen LogP contribution < -0.4 is 0 Å². The third-order valence-corrected chi connectivity index (χ3v) is 5.64. The number of hydrogen-bond acceptors (Lipinski definition) is 3. The minimum absolute atomic E-state index is 0.0958. The van der Waals surface area contributed by atoms with Crippen molar-refractivity contribution >= 4 is 23.2 Å². The zero-order chi connectivity index (χ0) is 19.5. The van der Waals surface area contributed by atoms with Crippen molar-refractivity contribution in [3.8, 4) is 0 Å². The van der Waals surface area contributed by atoms with Crippen molar-refractivity contribution < 1.29 is 14.0 Å². The van der Waals surface area contributed by atoms with Crippen LogP contribution in [0.3, 0.4) is 0 Å². The third-order valence-electron chi connectivity index (χ3n) is 5.39. The van der Waals surface area contributed by atoms with Crippen LogP contribution in [0.15, 0.2) is 53.7 Å². The van der Waals surface area contributed by atoms with Crippen molar-refractivity contribution in [2.75, 3.05) is 6.54 Å². The second kappa shape index (κ2) is 8.31. The first-order valence-corrected chi connectivity index (χ1v) is 9.98. The van der Waals surface area contributed by atoms with E-state index in [0.717, 1.165) is 36.1 Å². The molecule has 0 unspecified atom stereocenters. The van der Waals surface area contributed by atoms with E-state index < -0.39 is 0 Å². The van der Waals surface area contributed by atoms with Crippen LogP contribution in [0.1, 0.15) is 36.8 Å². The molecule has 1 heterocycles. The molecule has 0 bridgehead atoms. The van der Waals surface area contributed by atoms with Crippen LogP contribution in [-0.2, 0) is 16.2 Å². The van der Waals surface area contributed by atoms with Gasteiger partial charge in [-0.25, -0.2) is 4.39 Å². The van der Waals surface area contributed by atoms with E-state index in [1.807, 2.05) is 29.2 Å². The van der Waals surface area contributed by atoms with Crippen LogP contribution in [0.2, 0.25) is 5.02 Å². The van der Waals surface area contributed by atoms with Crippen molar-refractivity contribution in [3.63, 3.8) is 0 Å². The molecule has 1 aliphatic carbocycles. The largest absolute Gasteiger partial charge is 0.390 e.